The van der Waals surface area contributed by atoms with Crippen LogP contribution in [0.3, 0.4) is 0 Å². The van der Waals surface area contributed by atoms with E-state index in [2.05, 4.69) is 0 Å². The molecule has 2 amide bonds. The summed E-state index contributed by atoms with van der Waals surface area (Å²) in [5.41, 5.74) is 1.34. The molecule has 140 valence electrons. The van der Waals surface area contributed by atoms with Crippen molar-refractivity contribution in [1.82, 2.24) is 4.90 Å². The molecule has 1 unspecified atom stereocenters. The molecule has 2 aromatic rings. The van der Waals surface area contributed by atoms with Gasteiger partial charge in [-0.1, -0.05) is 30.3 Å². The zero-order chi connectivity index (χ0) is 18.8. The van der Waals surface area contributed by atoms with Crippen LogP contribution in [0.4, 0.5) is 15.8 Å². The Morgan fingerprint density at radius 3 is 2.30 bits per heavy atom. The first kappa shape index (κ1) is 17.5. The number of hydrogen-bond acceptors (Lipinski definition) is 3. The molecule has 0 aliphatic carbocycles. The van der Waals surface area contributed by atoms with Crippen LogP contribution in [-0.2, 0) is 9.59 Å². The molecule has 1 atom stereocenters. The highest BCUT2D eigenvalue weighted by Gasteiger charge is 2.39. The minimum atomic E-state index is -0.445. The summed E-state index contributed by atoms with van der Waals surface area (Å²) in [6.07, 6.45) is 0.931. The van der Waals surface area contributed by atoms with E-state index in [0.717, 1.165) is 5.69 Å². The maximum Gasteiger partial charge on any atom is 0.245 e. The molecule has 2 fully saturated rings. The van der Waals surface area contributed by atoms with E-state index in [0.29, 0.717) is 44.7 Å². The van der Waals surface area contributed by atoms with Crippen molar-refractivity contribution < 1.29 is 14.0 Å². The zero-order valence-corrected chi connectivity index (χ0v) is 15.1. The average Bonchev–Trinajstić information content (AvgIpc) is 3.10. The quantitative estimate of drug-likeness (QED) is 0.838. The van der Waals surface area contributed by atoms with Gasteiger partial charge >= 0.3 is 0 Å². The van der Waals surface area contributed by atoms with Gasteiger partial charge in [-0.15, -0.1) is 0 Å². The number of rotatable bonds is 3. The van der Waals surface area contributed by atoms with Gasteiger partial charge in [0.15, 0.2) is 0 Å². The lowest BCUT2D eigenvalue weighted by molar-refractivity contribution is -0.133. The molecular formula is C21H22FN3O2. The van der Waals surface area contributed by atoms with Crippen molar-refractivity contribution in [2.45, 2.75) is 18.9 Å². The molecule has 0 bridgehead atoms. The lowest BCUT2D eigenvalue weighted by Gasteiger charge is -2.38. The molecule has 2 aliphatic rings. The van der Waals surface area contributed by atoms with Crippen molar-refractivity contribution in [3.8, 4) is 0 Å². The van der Waals surface area contributed by atoms with Crippen molar-refractivity contribution in [2.24, 2.45) is 0 Å². The third-order valence-electron chi connectivity index (χ3n) is 5.32. The summed E-state index contributed by atoms with van der Waals surface area (Å²) < 4.78 is 14.0. The summed E-state index contributed by atoms with van der Waals surface area (Å²) in [5, 5.41) is 0. The lowest BCUT2D eigenvalue weighted by atomic mass is 10.1. The maximum absolute atomic E-state index is 14.0. The molecule has 2 heterocycles. The molecule has 6 heteroatoms. The fourth-order valence-electron chi connectivity index (χ4n) is 3.92. The maximum atomic E-state index is 14.0. The molecule has 0 saturated carbocycles. The van der Waals surface area contributed by atoms with Crippen LogP contribution in [0.2, 0.25) is 0 Å². The Bertz CT molecular complexity index is 834. The van der Waals surface area contributed by atoms with Crippen LogP contribution >= 0.6 is 0 Å². The molecular weight excluding hydrogens is 345 g/mol. The van der Waals surface area contributed by atoms with Gasteiger partial charge in [0.1, 0.15) is 11.9 Å². The molecule has 0 radical (unpaired) electrons. The van der Waals surface area contributed by atoms with Gasteiger partial charge in [0.05, 0.1) is 5.69 Å². The topological polar surface area (TPSA) is 43.9 Å². The number of carbonyl (C=O) groups excluding carboxylic acids is 2. The minimum absolute atomic E-state index is 0.00968. The van der Waals surface area contributed by atoms with E-state index >= 15 is 0 Å². The highest BCUT2D eigenvalue weighted by Crippen LogP contribution is 2.28. The van der Waals surface area contributed by atoms with Crippen LogP contribution in [0.5, 0.6) is 0 Å². The van der Waals surface area contributed by atoms with E-state index < -0.39 is 6.04 Å². The second-order valence-corrected chi connectivity index (χ2v) is 6.92. The van der Waals surface area contributed by atoms with Crippen LogP contribution in [0, 0.1) is 5.82 Å². The van der Waals surface area contributed by atoms with Gasteiger partial charge in [-0.2, -0.15) is 0 Å². The van der Waals surface area contributed by atoms with Crippen LogP contribution in [0.15, 0.2) is 54.6 Å². The van der Waals surface area contributed by atoms with Gasteiger partial charge in [0.25, 0.3) is 0 Å². The van der Waals surface area contributed by atoms with Crippen LogP contribution in [0.25, 0.3) is 0 Å². The molecule has 27 heavy (non-hydrogen) atoms. The van der Waals surface area contributed by atoms with Crippen molar-refractivity contribution in [3.05, 3.63) is 60.4 Å². The van der Waals surface area contributed by atoms with Crippen molar-refractivity contribution in [3.63, 3.8) is 0 Å². The Hall–Kier alpha value is -2.89. The molecule has 2 aliphatic heterocycles. The third kappa shape index (κ3) is 3.39. The van der Waals surface area contributed by atoms with Gasteiger partial charge in [-0.25, -0.2) is 4.39 Å². The molecule has 0 spiro atoms. The second kappa shape index (κ2) is 7.39. The summed E-state index contributed by atoms with van der Waals surface area (Å²) in [7, 11) is 0. The number of anilines is 2. The predicted octanol–water partition coefficient (Wildman–Crippen LogP) is 2.67. The Morgan fingerprint density at radius 1 is 0.926 bits per heavy atom. The van der Waals surface area contributed by atoms with E-state index in [1.165, 1.54) is 6.07 Å². The smallest absolute Gasteiger partial charge is 0.245 e. The molecule has 2 aromatic carbocycles. The summed E-state index contributed by atoms with van der Waals surface area (Å²) in [5.74, 6) is -0.267. The van der Waals surface area contributed by atoms with Gasteiger partial charge < -0.3 is 9.80 Å². The highest BCUT2D eigenvalue weighted by molar-refractivity contribution is 6.03. The number of nitrogens with zero attached hydrogens (tertiary/aromatic N) is 3. The number of halogens is 1. The monoisotopic (exact) mass is 367 g/mol. The zero-order valence-electron chi connectivity index (χ0n) is 15.1. The SMILES string of the molecule is O=C(C1CCC(=O)N1c1ccccc1)N1CCN(c2ccccc2F)CC1. The summed E-state index contributed by atoms with van der Waals surface area (Å²) in [4.78, 5) is 30.8. The number of para-hydroxylation sites is 2. The van der Waals surface area contributed by atoms with Gasteiger partial charge in [-0.3, -0.25) is 14.5 Å². The standard InChI is InChI=1S/C21H22FN3O2/c22-17-8-4-5-9-18(17)23-12-14-24(15-13-23)21(27)19-10-11-20(26)25(19)16-6-2-1-3-7-16/h1-9,19H,10-15H2. The summed E-state index contributed by atoms with van der Waals surface area (Å²) in [6.45, 7) is 2.22. The largest absolute Gasteiger partial charge is 0.366 e. The molecule has 4 rings (SSSR count). The van der Waals surface area contributed by atoms with E-state index in [1.807, 2.05) is 41.3 Å². The first-order valence-electron chi connectivity index (χ1n) is 9.30. The van der Waals surface area contributed by atoms with Crippen LogP contribution in [-0.4, -0.2) is 48.9 Å². The van der Waals surface area contributed by atoms with Crippen molar-refractivity contribution in [1.29, 1.82) is 0 Å². The van der Waals surface area contributed by atoms with E-state index in [-0.39, 0.29) is 17.6 Å². The minimum Gasteiger partial charge on any atom is -0.366 e. The van der Waals surface area contributed by atoms with Crippen molar-refractivity contribution >= 4 is 23.2 Å². The highest BCUT2D eigenvalue weighted by atomic mass is 19.1. The molecule has 2 saturated heterocycles. The van der Waals surface area contributed by atoms with Gasteiger partial charge in [0.2, 0.25) is 11.8 Å². The first-order chi connectivity index (χ1) is 13.1. The number of carbonyl (C=O) groups is 2. The predicted molar refractivity (Wildman–Crippen MR) is 102 cm³/mol. The Balaban J connectivity index is 1.45. The average molecular weight is 367 g/mol. The van der Waals surface area contributed by atoms with Crippen LogP contribution < -0.4 is 9.80 Å². The number of piperazine rings is 1. The Kier molecular flexibility index (Phi) is 4.79. The number of benzene rings is 2. The first-order valence-corrected chi connectivity index (χ1v) is 9.30. The van der Waals surface area contributed by atoms with E-state index in [1.54, 1.807) is 21.9 Å². The Labute approximate surface area is 158 Å². The number of amides is 2. The van der Waals surface area contributed by atoms with Crippen LogP contribution in [0.1, 0.15) is 12.8 Å². The third-order valence-corrected chi connectivity index (χ3v) is 5.32. The summed E-state index contributed by atoms with van der Waals surface area (Å²) >= 11 is 0. The second-order valence-electron chi connectivity index (χ2n) is 6.92. The van der Waals surface area contributed by atoms with E-state index in [4.69, 9.17) is 0 Å². The summed E-state index contributed by atoms with van der Waals surface area (Å²) in [6, 6.07) is 15.6. The van der Waals surface area contributed by atoms with Gasteiger partial charge in [0, 0.05) is 38.3 Å². The molecule has 0 aromatic heterocycles. The van der Waals surface area contributed by atoms with Crippen molar-refractivity contribution in [2.75, 3.05) is 36.0 Å². The fraction of sp³-hybridized carbons (Fsp3) is 0.333. The fourth-order valence-corrected chi connectivity index (χ4v) is 3.92. The molecule has 0 N–H and O–H groups in total. The van der Waals surface area contributed by atoms with E-state index in [9.17, 15) is 14.0 Å². The van der Waals surface area contributed by atoms with Gasteiger partial charge in [-0.05, 0) is 30.7 Å². The number of hydrogen-bond donors (Lipinski definition) is 0. The molecule has 5 nitrogen and oxygen atoms in total. The lowest BCUT2D eigenvalue weighted by Crippen LogP contribution is -2.54. The normalized spacial score (nSPS) is 20.3. The Morgan fingerprint density at radius 2 is 1.59 bits per heavy atom.